The molecule has 3 rings (SSSR count). The van der Waals surface area contributed by atoms with Crippen molar-refractivity contribution in [3.8, 4) is 5.75 Å². The van der Waals surface area contributed by atoms with Crippen LogP contribution in [0.3, 0.4) is 0 Å². The van der Waals surface area contributed by atoms with Crippen molar-refractivity contribution in [1.29, 1.82) is 0 Å². The highest BCUT2D eigenvalue weighted by atomic mass is 16.5. The van der Waals surface area contributed by atoms with Crippen molar-refractivity contribution in [1.82, 2.24) is 9.55 Å². The number of fused-ring (bicyclic) bond motifs is 1. The Bertz CT molecular complexity index is 589. The van der Waals surface area contributed by atoms with Gasteiger partial charge in [-0.2, -0.15) is 0 Å². The highest BCUT2D eigenvalue weighted by Crippen LogP contribution is 2.27. The van der Waals surface area contributed by atoms with Gasteiger partial charge in [-0.25, -0.2) is 4.98 Å². The van der Waals surface area contributed by atoms with Gasteiger partial charge in [0.1, 0.15) is 17.7 Å². The van der Waals surface area contributed by atoms with E-state index in [2.05, 4.69) is 4.98 Å². The first-order chi connectivity index (χ1) is 8.74. The Balaban J connectivity index is 1.82. The molecular formula is C14H14N2O2. The van der Waals surface area contributed by atoms with Gasteiger partial charge in [-0.15, -0.1) is 0 Å². The summed E-state index contributed by atoms with van der Waals surface area (Å²) in [5.41, 5.74) is 0.691. The van der Waals surface area contributed by atoms with Gasteiger partial charge < -0.3 is 9.30 Å². The molecule has 1 atom stereocenters. The number of hydrogen-bond acceptors (Lipinski definition) is 3. The molecular weight excluding hydrogens is 228 g/mol. The van der Waals surface area contributed by atoms with E-state index in [1.165, 1.54) is 0 Å². The Labute approximate surface area is 105 Å². The molecule has 1 aromatic carbocycles. The van der Waals surface area contributed by atoms with Gasteiger partial charge in [-0.05, 0) is 19.1 Å². The number of ether oxygens (including phenoxy) is 1. The standard InChI is InChI=1S/C14H14N2O2/c1-10-15-6-7-16(10)9-11-8-13(17)12-4-2-3-5-14(12)18-11/h2-7,11H,8-9H2,1H3. The van der Waals surface area contributed by atoms with Crippen LogP contribution in [0.1, 0.15) is 22.6 Å². The second-order valence-corrected chi connectivity index (χ2v) is 4.49. The van der Waals surface area contributed by atoms with Crippen molar-refractivity contribution in [2.75, 3.05) is 0 Å². The molecule has 0 amide bonds. The molecule has 2 heterocycles. The Hall–Kier alpha value is -2.10. The molecule has 0 saturated carbocycles. The molecule has 1 unspecified atom stereocenters. The summed E-state index contributed by atoms with van der Waals surface area (Å²) >= 11 is 0. The number of hydrogen-bond donors (Lipinski definition) is 0. The average Bonchev–Trinajstić information content (AvgIpc) is 2.75. The maximum Gasteiger partial charge on any atom is 0.170 e. The minimum absolute atomic E-state index is 0.111. The van der Waals surface area contributed by atoms with E-state index in [-0.39, 0.29) is 11.9 Å². The first-order valence-corrected chi connectivity index (χ1v) is 6.00. The molecule has 0 saturated heterocycles. The Morgan fingerprint density at radius 3 is 3.06 bits per heavy atom. The molecule has 0 fully saturated rings. The third-order valence-corrected chi connectivity index (χ3v) is 3.22. The molecule has 0 radical (unpaired) electrons. The third-order valence-electron chi connectivity index (χ3n) is 3.22. The maximum absolute atomic E-state index is 12.0. The van der Waals surface area contributed by atoms with Crippen LogP contribution in [0.25, 0.3) is 0 Å². The molecule has 4 nitrogen and oxygen atoms in total. The summed E-state index contributed by atoms with van der Waals surface area (Å²) in [6, 6.07) is 7.41. The largest absolute Gasteiger partial charge is 0.487 e. The lowest BCUT2D eigenvalue weighted by atomic mass is 10.0. The Morgan fingerprint density at radius 2 is 2.28 bits per heavy atom. The van der Waals surface area contributed by atoms with Crippen molar-refractivity contribution in [3.05, 3.63) is 48.0 Å². The molecule has 1 aliphatic rings. The zero-order valence-electron chi connectivity index (χ0n) is 10.2. The number of Topliss-reactive ketones (excluding diaryl/α,β-unsaturated/α-hetero) is 1. The summed E-state index contributed by atoms with van der Waals surface area (Å²) in [5, 5.41) is 0. The normalized spacial score (nSPS) is 18.3. The van der Waals surface area contributed by atoms with Gasteiger partial charge in [0.15, 0.2) is 5.78 Å². The Morgan fingerprint density at radius 1 is 1.44 bits per heavy atom. The predicted molar refractivity (Wildman–Crippen MR) is 66.8 cm³/mol. The van der Waals surface area contributed by atoms with Crippen molar-refractivity contribution >= 4 is 5.78 Å². The van der Waals surface area contributed by atoms with Crippen LogP contribution < -0.4 is 4.74 Å². The SMILES string of the molecule is Cc1nccn1CC1CC(=O)c2ccccc2O1. The number of rotatable bonds is 2. The molecule has 2 aromatic rings. The molecule has 1 aromatic heterocycles. The quantitative estimate of drug-likeness (QED) is 0.811. The van der Waals surface area contributed by atoms with Crippen LogP contribution in [0.4, 0.5) is 0 Å². The van der Waals surface area contributed by atoms with Crippen LogP contribution in [0.15, 0.2) is 36.7 Å². The summed E-state index contributed by atoms with van der Waals surface area (Å²) in [7, 11) is 0. The number of ketones is 1. The van der Waals surface area contributed by atoms with E-state index in [1.807, 2.05) is 42.0 Å². The highest BCUT2D eigenvalue weighted by molar-refractivity contribution is 5.99. The molecule has 0 bridgehead atoms. The fraction of sp³-hybridized carbons (Fsp3) is 0.286. The second kappa shape index (κ2) is 4.29. The number of carbonyl (C=O) groups is 1. The lowest BCUT2D eigenvalue weighted by Gasteiger charge is -2.25. The van der Waals surface area contributed by atoms with E-state index < -0.39 is 0 Å². The summed E-state index contributed by atoms with van der Waals surface area (Å²) in [5.74, 6) is 1.78. The van der Waals surface area contributed by atoms with E-state index in [9.17, 15) is 4.79 Å². The van der Waals surface area contributed by atoms with Gasteiger partial charge in [-0.3, -0.25) is 4.79 Å². The molecule has 0 spiro atoms. The van der Waals surface area contributed by atoms with Gasteiger partial charge in [0, 0.05) is 18.8 Å². The highest BCUT2D eigenvalue weighted by Gasteiger charge is 2.26. The van der Waals surface area contributed by atoms with E-state index >= 15 is 0 Å². The smallest absolute Gasteiger partial charge is 0.170 e. The molecule has 0 aliphatic carbocycles. The number of aromatic nitrogens is 2. The van der Waals surface area contributed by atoms with Gasteiger partial charge in [0.05, 0.1) is 12.1 Å². The summed E-state index contributed by atoms with van der Waals surface area (Å²) in [6.45, 7) is 2.60. The van der Waals surface area contributed by atoms with Crippen LogP contribution in [0, 0.1) is 6.92 Å². The topological polar surface area (TPSA) is 44.1 Å². The second-order valence-electron chi connectivity index (χ2n) is 4.49. The van der Waals surface area contributed by atoms with Crippen molar-refractivity contribution < 1.29 is 9.53 Å². The maximum atomic E-state index is 12.0. The minimum Gasteiger partial charge on any atom is -0.487 e. The number of imidazole rings is 1. The molecule has 18 heavy (non-hydrogen) atoms. The first-order valence-electron chi connectivity index (χ1n) is 6.00. The van der Waals surface area contributed by atoms with E-state index in [1.54, 1.807) is 6.20 Å². The lowest BCUT2D eigenvalue weighted by Crippen LogP contribution is -2.31. The van der Waals surface area contributed by atoms with Crippen LogP contribution in [0.5, 0.6) is 5.75 Å². The Kier molecular flexibility index (Phi) is 2.63. The molecule has 92 valence electrons. The van der Waals surface area contributed by atoms with Gasteiger partial charge in [0.2, 0.25) is 0 Å². The summed E-state index contributed by atoms with van der Waals surface area (Å²) in [4.78, 5) is 16.2. The van der Waals surface area contributed by atoms with E-state index in [4.69, 9.17) is 4.74 Å². The molecule has 0 N–H and O–H groups in total. The average molecular weight is 242 g/mol. The van der Waals surface area contributed by atoms with Gasteiger partial charge >= 0.3 is 0 Å². The zero-order valence-corrected chi connectivity index (χ0v) is 10.2. The van der Waals surface area contributed by atoms with Crippen molar-refractivity contribution in [2.24, 2.45) is 0 Å². The lowest BCUT2D eigenvalue weighted by molar-refractivity contribution is 0.0825. The number of benzene rings is 1. The number of para-hydroxylation sites is 1. The zero-order chi connectivity index (χ0) is 12.5. The fourth-order valence-corrected chi connectivity index (χ4v) is 2.26. The monoisotopic (exact) mass is 242 g/mol. The van der Waals surface area contributed by atoms with Crippen LogP contribution in [-0.4, -0.2) is 21.4 Å². The number of aryl methyl sites for hydroxylation is 1. The number of nitrogens with zero attached hydrogens (tertiary/aromatic N) is 2. The fourth-order valence-electron chi connectivity index (χ4n) is 2.26. The number of carbonyl (C=O) groups excluding carboxylic acids is 1. The van der Waals surface area contributed by atoms with E-state index in [0.29, 0.717) is 24.3 Å². The predicted octanol–water partition coefficient (Wildman–Crippen LogP) is 2.23. The van der Waals surface area contributed by atoms with E-state index in [0.717, 1.165) is 5.82 Å². The van der Waals surface area contributed by atoms with Crippen molar-refractivity contribution in [3.63, 3.8) is 0 Å². The molecule has 4 heteroatoms. The summed E-state index contributed by atoms with van der Waals surface area (Å²) in [6.07, 6.45) is 3.98. The van der Waals surface area contributed by atoms with Crippen LogP contribution in [-0.2, 0) is 6.54 Å². The van der Waals surface area contributed by atoms with Crippen LogP contribution in [0.2, 0.25) is 0 Å². The third kappa shape index (κ3) is 1.90. The van der Waals surface area contributed by atoms with Gasteiger partial charge in [-0.1, -0.05) is 12.1 Å². The van der Waals surface area contributed by atoms with Crippen LogP contribution >= 0.6 is 0 Å². The first kappa shape index (κ1) is 11.0. The van der Waals surface area contributed by atoms with Crippen molar-refractivity contribution in [2.45, 2.75) is 26.0 Å². The summed E-state index contributed by atoms with van der Waals surface area (Å²) < 4.78 is 7.87. The minimum atomic E-state index is -0.111. The molecule has 1 aliphatic heterocycles. The van der Waals surface area contributed by atoms with Gasteiger partial charge in [0.25, 0.3) is 0 Å².